The molecule has 3 heterocycles. The summed E-state index contributed by atoms with van der Waals surface area (Å²) in [6.07, 6.45) is 1.24. The SMILES string of the molecule is Cc1ccc(-c2ccn[nH]2)c(C(=O)N2CCC[C@@H](C)[C@H]2CCc2ccc(C(F)(F)F)cn2)c1. The van der Waals surface area contributed by atoms with Crippen LogP contribution in [0.2, 0.25) is 0 Å². The van der Waals surface area contributed by atoms with E-state index in [-0.39, 0.29) is 17.9 Å². The van der Waals surface area contributed by atoms with Gasteiger partial charge in [-0.2, -0.15) is 18.3 Å². The molecule has 5 nitrogen and oxygen atoms in total. The van der Waals surface area contributed by atoms with Gasteiger partial charge in [0, 0.05) is 41.8 Å². The third-order valence-electron chi connectivity index (χ3n) is 6.42. The van der Waals surface area contributed by atoms with Crippen molar-refractivity contribution in [2.75, 3.05) is 6.54 Å². The molecule has 174 valence electrons. The molecule has 2 atom stereocenters. The number of hydrogen-bond acceptors (Lipinski definition) is 3. The van der Waals surface area contributed by atoms with Gasteiger partial charge in [0.15, 0.2) is 0 Å². The summed E-state index contributed by atoms with van der Waals surface area (Å²) in [6.45, 7) is 4.75. The molecule has 0 aliphatic carbocycles. The second kappa shape index (κ2) is 9.37. The topological polar surface area (TPSA) is 61.9 Å². The third kappa shape index (κ3) is 5.10. The minimum absolute atomic E-state index is 0.00882. The summed E-state index contributed by atoms with van der Waals surface area (Å²) in [7, 11) is 0. The molecule has 0 bridgehead atoms. The van der Waals surface area contributed by atoms with Gasteiger partial charge >= 0.3 is 6.18 Å². The maximum Gasteiger partial charge on any atom is 0.417 e. The van der Waals surface area contributed by atoms with E-state index in [2.05, 4.69) is 22.1 Å². The van der Waals surface area contributed by atoms with Crippen LogP contribution < -0.4 is 0 Å². The van der Waals surface area contributed by atoms with Crippen LogP contribution in [0, 0.1) is 12.8 Å². The van der Waals surface area contributed by atoms with Gasteiger partial charge in [-0.05, 0) is 62.8 Å². The van der Waals surface area contributed by atoms with Crippen LogP contribution in [0.4, 0.5) is 13.2 Å². The van der Waals surface area contributed by atoms with Gasteiger partial charge in [0.25, 0.3) is 5.91 Å². The highest BCUT2D eigenvalue weighted by atomic mass is 19.4. The number of alkyl halides is 3. The van der Waals surface area contributed by atoms with Crippen LogP contribution in [0.5, 0.6) is 0 Å². The molecule has 2 aromatic heterocycles. The highest BCUT2D eigenvalue weighted by Gasteiger charge is 2.34. The van der Waals surface area contributed by atoms with E-state index in [0.717, 1.165) is 41.9 Å². The van der Waals surface area contributed by atoms with Gasteiger partial charge in [-0.3, -0.25) is 14.9 Å². The van der Waals surface area contributed by atoms with Crippen molar-refractivity contribution in [2.24, 2.45) is 5.92 Å². The van der Waals surface area contributed by atoms with E-state index < -0.39 is 11.7 Å². The highest BCUT2D eigenvalue weighted by Crippen LogP contribution is 2.32. The minimum Gasteiger partial charge on any atom is -0.335 e. The average molecular weight is 457 g/mol. The first-order chi connectivity index (χ1) is 15.7. The molecule has 1 aliphatic rings. The Labute approximate surface area is 191 Å². The first kappa shape index (κ1) is 23.0. The molecular formula is C25H27F3N4O. The Balaban J connectivity index is 1.55. The number of aromatic nitrogens is 3. The number of piperidine rings is 1. The van der Waals surface area contributed by atoms with E-state index in [0.29, 0.717) is 30.6 Å². The zero-order chi connectivity index (χ0) is 23.6. The first-order valence-corrected chi connectivity index (χ1v) is 11.2. The number of carbonyl (C=O) groups excluding carboxylic acids is 1. The molecule has 1 aliphatic heterocycles. The van der Waals surface area contributed by atoms with E-state index in [1.165, 1.54) is 6.07 Å². The number of halogens is 3. The molecule has 33 heavy (non-hydrogen) atoms. The maximum absolute atomic E-state index is 13.7. The minimum atomic E-state index is -4.40. The summed E-state index contributed by atoms with van der Waals surface area (Å²) in [5.41, 5.74) is 3.07. The van der Waals surface area contributed by atoms with Crippen LogP contribution >= 0.6 is 0 Å². The first-order valence-electron chi connectivity index (χ1n) is 11.2. The summed E-state index contributed by atoms with van der Waals surface area (Å²) >= 11 is 0. The molecule has 0 saturated carbocycles. The Morgan fingerprint density at radius 2 is 2.03 bits per heavy atom. The molecule has 1 fully saturated rings. The van der Waals surface area contributed by atoms with Crippen LogP contribution in [0.15, 0.2) is 48.8 Å². The normalized spacial score (nSPS) is 19.0. The second-order valence-corrected chi connectivity index (χ2v) is 8.78. The summed E-state index contributed by atoms with van der Waals surface area (Å²) in [6, 6.07) is 10.1. The molecule has 8 heteroatoms. The quantitative estimate of drug-likeness (QED) is 0.538. The standard InChI is InChI=1S/C25H27F3N4O/c1-16-5-9-20(22-11-12-30-31-22)21(14-16)24(33)32-13-3-4-17(2)23(32)10-8-19-7-6-18(15-29-19)25(26,27)28/h5-7,9,11-12,14-15,17,23H,3-4,8,10,13H2,1-2H3,(H,30,31)/t17-,23-/m1/s1. The Morgan fingerprint density at radius 1 is 1.21 bits per heavy atom. The third-order valence-corrected chi connectivity index (χ3v) is 6.42. The number of aryl methyl sites for hydroxylation is 2. The fourth-order valence-electron chi connectivity index (χ4n) is 4.61. The largest absolute Gasteiger partial charge is 0.417 e. The van der Waals surface area contributed by atoms with Gasteiger partial charge in [-0.25, -0.2) is 0 Å². The number of H-pyrrole nitrogens is 1. The van der Waals surface area contributed by atoms with Crippen LogP contribution in [-0.4, -0.2) is 38.6 Å². The maximum atomic E-state index is 13.7. The zero-order valence-corrected chi connectivity index (χ0v) is 18.7. The van der Waals surface area contributed by atoms with Crippen LogP contribution in [0.1, 0.15) is 53.4 Å². The second-order valence-electron chi connectivity index (χ2n) is 8.78. The van der Waals surface area contributed by atoms with Crippen molar-refractivity contribution in [1.82, 2.24) is 20.1 Å². The Kier molecular flexibility index (Phi) is 6.54. The van der Waals surface area contributed by atoms with E-state index in [9.17, 15) is 18.0 Å². The van der Waals surface area contributed by atoms with Gasteiger partial charge in [0.05, 0.1) is 11.3 Å². The smallest absolute Gasteiger partial charge is 0.335 e. The molecule has 0 unspecified atom stereocenters. The zero-order valence-electron chi connectivity index (χ0n) is 18.7. The van der Waals surface area contributed by atoms with E-state index in [1.807, 2.05) is 36.1 Å². The monoisotopic (exact) mass is 456 g/mol. The lowest BCUT2D eigenvalue weighted by Crippen LogP contribution is -2.48. The van der Waals surface area contributed by atoms with E-state index in [4.69, 9.17) is 0 Å². The predicted molar refractivity (Wildman–Crippen MR) is 120 cm³/mol. The van der Waals surface area contributed by atoms with E-state index in [1.54, 1.807) is 6.20 Å². The lowest BCUT2D eigenvalue weighted by Gasteiger charge is -2.40. The van der Waals surface area contributed by atoms with Crippen molar-refractivity contribution in [2.45, 2.75) is 51.7 Å². The Morgan fingerprint density at radius 3 is 2.70 bits per heavy atom. The molecule has 3 aromatic rings. The molecule has 1 aromatic carbocycles. The molecular weight excluding hydrogens is 429 g/mol. The number of nitrogens with zero attached hydrogens (tertiary/aromatic N) is 3. The van der Waals surface area contributed by atoms with Gasteiger partial charge in [-0.1, -0.05) is 24.6 Å². The Hall–Kier alpha value is -3.16. The molecule has 1 saturated heterocycles. The summed E-state index contributed by atoms with van der Waals surface area (Å²) in [4.78, 5) is 19.7. The molecule has 0 spiro atoms. The number of rotatable bonds is 5. The number of pyridine rings is 1. The van der Waals surface area contributed by atoms with Crippen molar-refractivity contribution in [3.63, 3.8) is 0 Å². The number of nitrogens with one attached hydrogen (secondary N) is 1. The summed E-state index contributed by atoms with van der Waals surface area (Å²) in [5.74, 6) is 0.262. The van der Waals surface area contributed by atoms with Crippen molar-refractivity contribution < 1.29 is 18.0 Å². The molecule has 1 amide bonds. The van der Waals surface area contributed by atoms with Crippen LogP contribution in [0.3, 0.4) is 0 Å². The van der Waals surface area contributed by atoms with Crippen molar-refractivity contribution in [3.8, 4) is 11.3 Å². The summed E-state index contributed by atoms with van der Waals surface area (Å²) in [5, 5.41) is 6.96. The molecule has 0 radical (unpaired) electrons. The fraction of sp³-hybridized carbons (Fsp3) is 0.400. The number of aromatic amines is 1. The fourth-order valence-corrected chi connectivity index (χ4v) is 4.61. The Bertz CT molecular complexity index is 1090. The van der Waals surface area contributed by atoms with Crippen molar-refractivity contribution in [3.05, 3.63) is 71.2 Å². The van der Waals surface area contributed by atoms with Gasteiger partial charge in [-0.15, -0.1) is 0 Å². The van der Waals surface area contributed by atoms with Crippen molar-refractivity contribution >= 4 is 5.91 Å². The lowest BCUT2D eigenvalue weighted by molar-refractivity contribution is -0.137. The van der Waals surface area contributed by atoms with Crippen LogP contribution in [-0.2, 0) is 12.6 Å². The van der Waals surface area contributed by atoms with Crippen molar-refractivity contribution in [1.29, 1.82) is 0 Å². The highest BCUT2D eigenvalue weighted by molar-refractivity contribution is 6.01. The number of carbonyl (C=O) groups is 1. The number of amides is 1. The molecule has 4 rings (SSSR count). The van der Waals surface area contributed by atoms with Crippen LogP contribution in [0.25, 0.3) is 11.3 Å². The predicted octanol–water partition coefficient (Wildman–Crippen LogP) is 5.67. The number of hydrogen-bond donors (Lipinski definition) is 1. The van der Waals surface area contributed by atoms with Gasteiger partial charge < -0.3 is 4.90 Å². The van der Waals surface area contributed by atoms with Gasteiger partial charge in [0.1, 0.15) is 0 Å². The average Bonchev–Trinajstić information content (AvgIpc) is 3.32. The summed E-state index contributed by atoms with van der Waals surface area (Å²) < 4.78 is 38.5. The number of benzene rings is 1. The molecule has 1 N–H and O–H groups in total. The number of likely N-dealkylation sites (tertiary alicyclic amines) is 1. The van der Waals surface area contributed by atoms with Gasteiger partial charge in [0.2, 0.25) is 0 Å². The lowest BCUT2D eigenvalue weighted by atomic mass is 9.86. The van der Waals surface area contributed by atoms with E-state index >= 15 is 0 Å².